The summed E-state index contributed by atoms with van der Waals surface area (Å²) >= 11 is 0. The molecule has 0 N–H and O–H groups in total. The van der Waals surface area contributed by atoms with Crippen molar-refractivity contribution >= 4 is 11.0 Å². The summed E-state index contributed by atoms with van der Waals surface area (Å²) in [6.45, 7) is 9.45. The SMILES string of the molecule is CC1(C)c2ccccc2-c2ccc(-c3cccc(-c4cc5c(cc(-c6cccc(-c7ccc8c(c7)C(C)(C)c7ccccc7-8)c6)n5-c5ccc(-c6ccccc6)cc5)n4-c4ccc(-c5ccccc5)cc4)c3)cc21. The summed E-state index contributed by atoms with van der Waals surface area (Å²) < 4.78 is 4.96. The minimum Gasteiger partial charge on any atom is -0.308 e. The molecule has 2 aliphatic carbocycles. The molecule has 0 amide bonds. The summed E-state index contributed by atoms with van der Waals surface area (Å²) in [6.07, 6.45) is 0. The van der Waals surface area contributed by atoms with Crippen molar-refractivity contribution in [2.75, 3.05) is 0 Å². The molecule has 0 saturated carbocycles. The average molecular weight is 947 g/mol. The maximum Gasteiger partial charge on any atom is 0.0724 e. The van der Waals surface area contributed by atoms with Gasteiger partial charge in [-0.05, 0) is 161 Å². The highest BCUT2D eigenvalue weighted by Crippen LogP contribution is 2.51. The van der Waals surface area contributed by atoms with Crippen molar-refractivity contribution < 1.29 is 0 Å². The Morgan fingerprint density at radius 2 is 0.541 bits per heavy atom. The molecule has 74 heavy (non-hydrogen) atoms. The van der Waals surface area contributed by atoms with Crippen molar-refractivity contribution in [3.63, 3.8) is 0 Å². The molecule has 0 bridgehead atoms. The molecule has 2 aromatic heterocycles. The normalized spacial score (nSPS) is 13.6. The van der Waals surface area contributed by atoms with Crippen LogP contribution >= 0.6 is 0 Å². The van der Waals surface area contributed by atoms with E-state index >= 15 is 0 Å². The first-order valence-corrected chi connectivity index (χ1v) is 26.0. The predicted octanol–water partition coefficient (Wildman–Crippen LogP) is 19.0. The summed E-state index contributed by atoms with van der Waals surface area (Å²) in [6, 6.07) is 94.7. The Bertz CT molecular complexity index is 3870. The third-order valence-electron chi connectivity index (χ3n) is 16.4. The summed E-state index contributed by atoms with van der Waals surface area (Å²) in [4.78, 5) is 0. The van der Waals surface area contributed by atoms with Crippen LogP contribution in [0, 0.1) is 0 Å². The number of benzene rings is 10. The zero-order valence-corrected chi connectivity index (χ0v) is 42.1. The smallest absolute Gasteiger partial charge is 0.0724 e. The Morgan fingerprint density at radius 1 is 0.230 bits per heavy atom. The first-order chi connectivity index (χ1) is 36.2. The van der Waals surface area contributed by atoms with Gasteiger partial charge in [-0.1, -0.05) is 222 Å². The molecule has 0 aliphatic heterocycles. The van der Waals surface area contributed by atoms with Crippen molar-refractivity contribution in [2.45, 2.75) is 38.5 Å². The van der Waals surface area contributed by atoms with Gasteiger partial charge in [-0.15, -0.1) is 0 Å². The highest BCUT2D eigenvalue weighted by Gasteiger charge is 2.36. The van der Waals surface area contributed by atoms with Gasteiger partial charge in [0.15, 0.2) is 0 Å². The van der Waals surface area contributed by atoms with Gasteiger partial charge in [-0.3, -0.25) is 0 Å². The summed E-state index contributed by atoms with van der Waals surface area (Å²) in [7, 11) is 0. The fourth-order valence-electron chi connectivity index (χ4n) is 12.5. The minimum atomic E-state index is -0.0854. The number of hydrogen-bond acceptors (Lipinski definition) is 0. The van der Waals surface area contributed by atoms with E-state index in [0.29, 0.717) is 0 Å². The molecule has 10 aromatic carbocycles. The van der Waals surface area contributed by atoms with Crippen LogP contribution in [0.25, 0.3) is 112 Å². The number of aromatic nitrogens is 2. The van der Waals surface area contributed by atoms with Crippen molar-refractivity contribution in [1.82, 2.24) is 9.13 Å². The zero-order valence-electron chi connectivity index (χ0n) is 42.1. The van der Waals surface area contributed by atoms with Crippen LogP contribution in [0.4, 0.5) is 0 Å². The van der Waals surface area contributed by atoms with E-state index in [1.807, 2.05) is 0 Å². The highest BCUT2D eigenvalue weighted by atomic mass is 15.1. The zero-order chi connectivity index (χ0) is 49.7. The molecule has 12 aromatic rings. The molecule has 0 saturated heterocycles. The van der Waals surface area contributed by atoms with Gasteiger partial charge in [0.25, 0.3) is 0 Å². The van der Waals surface area contributed by atoms with Crippen molar-refractivity contribution in [2.24, 2.45) is 0 Å². The monoisotopic (exact) mass is 946 g/mol. The van der Waals surface area contributed by atoms with Gasteiger partial charge >= 0.3 is 0 Å². The topological polar surface area (TPSA) is 9.86 Å². The molecule has 2 aliphatic rings. The Balaban J connectivity index is 0.952. The molecule has 0 atom stereocenters. The van der Waals surface area contributed by atoms with E-state index in [1.54, 1.807) is 0 Å². The Kier molecular flexibility index (Phi) is 9.94. The quantitative estimate of drug-likeness (QED) is 0.144. The Hall–Kier alpha value is -8.98. The van der Waals surface area contributed by atoms with Crippen LogP contribution < -0.4 is 0 Å². The lowest BCUT2D eigenvalue weighted by molar-refractivity contribution is 0.660. The van der Waals surface area contributed by atoms with Crippen LogP contribution in [-0.4, -0.2) is 9.13 Å². The maximum atomic E-state index is 2.48. The first-order valence-electron chi connectivity index (χ1n) is 26.0. The summed E-state index contributed by atoms with van der Waals surface area (Å²) in [5.74, 6) is 0. The molecule has 2 nitrogen and oxygen atoms in total. The van der Waals surface area contributed by atoms with Crippen LogP contribution in [-0.2, 0) is 10.8 Å². The lowest BCUT2D eigenvalue weighted by atomic mass is 9.81. The molecule has 2 heteroatoms. The average Bonchev–Trinajstić information content (AvgIpc) is 4.15. The molecule has 14 rings (SSSR count). The first kappa shape index (κ1) is 43.8. The molecule has 352 valence electrons. The number of hydrogen-bond donors (Lipinski definition) is 0. The van der Waals surface area contributed by atoms with Gasteiger partial charge in [0.1, 0.15) is 0 Å². The molecular weight excluding hydrogens is 893 g/mol. The lowest BCUT2D eigenvalue weighted by Crippen LogP contribution is -2.14. The second kappa shape index (κ2) is 16.8. The highest BCUT2D eigenvalue weighted by molar-refractivity contribution is 5.95. The van der Waals surface area contributed by atoms with E-state index in [0.717, 1.165) is 44.9 Å². The van der Waals surface area contributed by atoms with Crippen LogP contribution in [0.15, 0.2) is 255 Å². The fraction of sp³-hybridized carbons (Fsp3) is 0.0833. The van der Waals surface area contributed by atoms with E-state index in [2.05, 4.69) is 292 Å². The second-order valence-electron chi connectivity index (χ2n) is 21.3. The van der Waals surface area contributed by atoms with Crippen LogP contribution in [0.3, 0.4) is 0 Å². The van der Waals surface area contributed by atoms with Gasteiger partial charge in [0, 0.05) is 22.2 Å². The molecule has 0 radical (unpaired) electrons. The largest absolute Gasteiger partial charge is 0.308 e. The van der Waals surface area contributed by atoms with Gasteiger partial charge in [0.05, 0.1) is 22.4 Å². The standard InChI is InChI=1S/C72H54N2/c1-71(2)63-27-13-11-25-59(63)61-39-33-53(43-65(61)71)51-21-15-23-55(41-51)67-45-69-70(73(67)57-35-29-49(30-36-57)47-17-7-5-8-18-47)46-68(74(69)58-37-31-50(32-38-58)48-19-9-6-10-20-48)56-24-16-22-52(42-56)54-34-40-62-60-26-12-14-28-64(60)72(3,4)66(62)44-54/h5-46H,1-4H3. The van der Waals surface area contributed by atoms with Gasteiger partial charge in [-0.25, -0.2) is 0 Å². The molecule has 0 fully saturated rings. The fourth-order valence-corrected chi connectivity index (χ4v) is 12.5. The van der Waals surface area contributed by atoms with Crippen LogP contribution in [0.2, 0.25) is 0 Å². The van der Waals surface area contributed by atoms with Gasteiger partial charge < -0.3 is 9.13 Å². The number of rotatable bonds is 8. The Morgan fingerprint density at radius 3 is 0.959 bits per heavy atom. The van der Waals surface area contributed by atoms with E-state index in [-0.39, 0.29) is 10.8 Å². The van der Waals surface area contributed by atoms with E-state index in [1.165, 1.54) is 89.0 Å². The maximum absolute atomic E-state index is 2.48. The predicted molar refractivity (Wildman–Crippen MR) is 310 cm³/mol. The van der Waals surface area contributed by atoms with Crippen molar-refractivity contribution in [3.8, 4) is 101 Å². The molecule has 0 unspecified atom stereocenters. The van der Waals surface area contributed by atoms with Crippen LogP contribution in [0.5, 0.6) is 0 Å². The minimum absolute atomic E-state index is 0.0854. The van der Waals surface area contributed by atoms with Gasteiger partial charge in [-0.2, -0.15) is 0 Å². The lowest BCUT2D eigenvalue weighted by Gasteiger charge is -2.22. The second-order valence-corrected chi connectivity index (χ2v) is 21.3. The van der Waals surface area contributed by atoms with Crippen molar-refractivity contribution in [3.05, 3.63) is 277 Å². The summed E-state index contributed by atoms with van der Waals surface area (Å²) in [5, 5.41) is 0. The third-order valence-corrected chi connectivity index (χ3v) is 16.4. The van der Waals surface area contributed by atoms with Gasteiger partial charge in [0.2, 0.25) is 0 Å². The molecule has 0 spiro atoms. The number of nitrogens with zero attached hydrogens (tertiary/aromatic N) is 2. The summed E-state index contributed by atoms with van der Waals surface area (Å²) in [5.41, 5.74) is 29.4. The van der Waals surface area contributed by atoms with E-state index in [4.69, 9.17) is 0 Å². The molecular formula is C72H54N2. The van der Waals surface area contributed by atoms with Crippen molar-refractivity contribution in [1.29, 1.82) is 0 Å². The number of fused-ring (bicyclic) bond motifs is 7. The molecule has 2 heterocycles. The van der Waals surface area contributed by atoms with E-state index in [9.17, 15) is 0 Å². The van der Waals surface area contributed by atoms with Crippen LogP contribution in [0.1, 0.15) is 49.9 Å². The van der Waals surface area contributed by atoms with E-state index < -0.39 is 0 Å². The third kappa shape index (κ3) is 6.93. The Labute approximate surface area is 434 Å².